The van der Waals surface area contributed by atoms with Crippen LogP contribution >= 0.6 is 35.3 Å². The number of nitrogens with two attached hydrogens (primary N) is 1. The minimum atomic E-state index is 0. The Balaban J connectivity index is 0.00000133. The number of hydrogen-bond donors (Lipinski definition) is 1. The SMILES string of the molecule is Cl.NCC1CCN(Cc2sc3ccccc3c2Cl)C1. The molecule has 2 heterocycles. The largest absolute Gasteiger partial charge is 0.330 e. The topological polar surface area (TPSA) is 29.3 Å². The molecule has 1 atom stereocenters. The van der Waals surface area contributed by atoms with Crippen LogP contribution in [0.3, 0.4) is 0 Å². The molecular weight excluding hydrogens is 299 g/mol. The highest BCUT2D eigenvalue weighted by atomic mass is 35.5. The first-order chi connectivity index (χ1) is 8.78. The third-order valence-electron chi connectivity index (χ3n) is 3.67. The standard InChI is InChI=1S/C14H17ClN2S.ClH/c15-14-11-3-1-2-4-12(11)18-13(14)9-17-6-5-10(7-16)8-17;/h1-4,10H,5-9,16H2;1H. The molecule has 1 aliphatic heterocycles. The fourth-order valence-electron chi connectivity index (χ4n) is 2.62. The van der Waals surface area contributed by atoms with Gasteiger partial charge in [-0.05, 0) is 31.5 Å². The summed E-state index contributed by atoms with van der Waals surface area (Å²) in [6, 6.07) is 8.36. The first kappa shape index (κ1) is 15.1. The molecule has 2 N–H and O–H groups in total. The molecule has 1 aromatic heterocycles. The highest BCUT2D eigenvalue weighted by Gasteiger charge is 2.22. The van der Waals surface area contributed by atoms with E-state index in [9.17, 15) is 0 Å². The number of rotatable bonds is 3. The Kier molecular flexibility index (Phi) is 5.09. The van der Waals surface area contributed by atoms with E-state index in [2.05, 4.69) is 23.1 Å². The first-order valence-corrected chi connectivity index (χ1v) is 7.55. The predicted molar refractivity (Wildman–Crippen MR) is 86.5 cm³/mol. The van der Waals surface area contributed by atoms with Crippen molar-refractivity contribution in [2.75, 3.05) is 19.6 Å². The van der Waals surface area contributed by atoms with Gasteiger partial charge in [0, 0.05) is 28.1 Å². The summed E-state index contributed by atoms with van der Waals surface area (Å²) in [7, 11) is 0. The van der Waals surface area contributed by atoms with Gasteiger partial charge >= 0.3 is 0 Å². The molecule has 0 radical (unpaired) electrons. The molecular formula is C14H18Cl2N2S. The van der Waals surface area contributed by atoms with E-state index in [1.165, 1.54) is 21.4 Å². The van der Waals surface area contributed by atoms with Gasteiger partial charge in [-0.25, -0.2) is 0 Å². The molecule has 2 nitrogen and oxygen atoms in total. The van der Waals surface area contributed by atoms with Crippen LogP contribution in [-0.2, 0) is 6.54 Å². The molecule has 104 valence electrons. The number of thiophene rings is 1. The van der Waals surface area contributed by atoms with Crippen LogP contribution in [0.25, 0.3) is 10.1 Å². The van der Waals surface area contributed by atoms with Crippen molar-refractivity contribution in [2.45, 2.75) is 13.0 Å². The van der Waals surface area contributed by atoms with Crippen molar-refractivity contribution in [1.82, 2.24) is 4.90 Å². The molecule has 1 fully saturated rings. The Morgan fingerprint density at radius 3 is 2.84 bits per heavy atom. The van der Waals surface area contributed by atoms with Crippen LogP contribution in [0, 0.1) is 5.92 Å². The molecule has 19 heavy (non-hydrogen) atoms. The second-order valence-corrected chi connectivity index (χ2v) is 6.48. The third-order valence-corrected chi connectivity index (χ3v) is 5.37. The average Bonchev–Trinajstić information content (AvgIpc) is 2.97. The van der Waals surface area contributed by atoms with Gasteiger partial charge in [0.1, 0.15) is 0 Å². The lowest BCUT2D eigenvalue weighted by atomic mass is 10.1. The van der Waals surface area contributed by atoms with Crippen LogP contribution in [0.2, 0.25) is 5.02 Å². The van der Waals surface area contributed by atoms with Gasteiger partial charge in [0.2, 0.25) is 0 Å². The van der Waals surface area contributed by atoms with Crippen molar-refractivity contribution in [2.24, 2.45) is 11.7 Å². The summed E-state index contributed by atoms with van der Waals surface area (Å²) in [6.07, 6.45) is 1.22. The summed E-state index contributed by atoms with van der Waals surface area (Å²) in [6.45, 7) is 4.03. The van der Waals surface area contributed by atoms with Crippen molar-refractivity contribution in [1.29, 1.82) is 0 Å². The van der Waals surface area contributed by atoms with Crippen LogP contribution in [0.1, 0.15) is 11.3 Å². The Morgan fingerprint density at radius 2 is 2.16 bits per heavy atom. The summed E-state index contributed by atoms with van der Waals surface area (Å²) in [5.74, 6) is 0.665. The molecule has 0 bridgehead atoms. The number of benzene rings is 1. The normalized spacial score (nSPS) is 19.8. The maximum Gasteiger partial charge on any atom is 0.0637 e. The molecule has 1 unspecified atom stereocenters. The maximum atomic E-state index is 6.46. The lowest BCUT2D eigenvalue weighted by Gasteiger charge is -2.14. The van der Waals surface area contributed by atoms with Crippen LogP contribution in [0.15, 0.2) is 24.3 Å². The smallest absolute Gasteiger partial charge is 0.0637 e. The number of likely N-dealkylation sites (tertiary alicyclic amines) is 1. The van der Waals surface area contributed by atoms with Gasteiger partial charge in [0.05, 0.1) is 5.02 Å². The number of hydrogen-bond acceptors (Lipinski definition) is 3. The summed E-state index contributed by atoms with van der Waals surface area (Å²) >= 11 is 8.28. The van der Waals surface area contributed by atoms with Crippen LogP contribution in [-0.4, -0.2) is 24.5 Å². The minimum absolute atomic E-state index is 0. The Bertz CT molecular complexity index is 555. The number of halogens is 2. The predicted octanol–water partition coefficient (Wildman–Crippen LogP) is 3.76. The molecule has 0 spiro atoms. The maximum absolute atomic E-state index is 6.46. The molecule has 0 saturated carbocycles. The van der Waals surface area contributed by atoms with Crippen LogP contribution in [0.4, 0.5) is 0 Å². The average molecular weight is 317 g/mol. The highest BCUT2D eigenvalue weighted by molar-refractivity contribution is 7.19. The van der Waals surface area contributed by atoms with Crippen molar-refractivity contribution >= 4 is 45.4 Å². The van der Waals surface area contributed by atoms with Gasteiger partial charge in [-0.15, -0.1) is 23.7 Å². The van der Waals surface area contributed by atoms with E-state index in [0.717, 1.165) is 31.2 Å². The second kappa shape index (κ2) is 6.42. The molecule has 5 heteroatoms. The molecule has 3 rings (SSSR count). The monoisotopic (exact) mass is 316 g/mol. The Hall–Kier alpha value is -0.320. The fraction of sp³-hybridized carbons (Fsp3) is 0.429. The second-order valence-electron chi connectivity index (χ2n) is 4.96. The highest BCUT2D eigenvalue weighted by Crippen LogP contribution is 2.36. The molecule has 0 aliphatic carbocycles. The number of nitrogens with zero attached hydrogens (tertiary/aromatic N) is 1. The minimum Gasteiger partial charge on any atom is -0.330 e. The summed E-state index contributed by atoms with van der Waals surface area (Å²) in [4.78, 5) is 3.75. The lowest BCUT2D eigenvalue weighted by Crippen LogP contribution is -2.22. The van der Waals surface area contributed by atoms with E-state index in [1.807, 2.05) is 17.4 Å². The number of fused-ring (bicyclic) bond motifs is 1. The van der Waals surface area contributed by atoms with Gasteiger partial charge in [-0.3, -0.25) is 4.90 Å². The van der Waals surface area contributed by atoms with E-state index in [-0.39, 0.29) is 12.4 Å². The zero-order valence-electron chi connectivity index (χ0n) is 10.6. The van der Waals surface area contributed by atoms with Gasteiger partial charge in [-0.1, -0.05) is 29.8 Å². The lowest BCUT2D eigenvalue weighted by molar-refractivity contribution is 0.321. The van der Waals surface area contributed by atoms with Crippen LogP contribution < -0.4 is 5.73 Å². The Labute approximate surface area is 128 Å². The van der Waals surface area contributed by atoms with Gasteiger partial charge in [0.15, 0.2) is 0 Å². The van der Waals surface area contributed by atoms with Gasteiger partial charge < -0.3 is 5.73 Å². The zero-order chi connectivity index (χ0) is 12.5. The van der Waals surface area contributed by atoms with Crippen molar-refractivity contribution in [3.8, 4) is 0 Å². The van der Waals surface area contributed by atoms with E-state index in [4.69, 9.17) is 17.3 Å². The summed E-state index contributed by atoms with van der Waals surface area (Å²) in [5.41, 5.74) is 5.73. The zero-order valence-corrected chi connectivity index (χ0v) is 13.0. The van der Waals surface area contributed by atoms with Crippen molar-refractivity contribution in [3.63, 3.8) is 0 Å². The molecule has 1 aliphatic rings. The fourth-order valence-corrected chi connectivity index (χ4v) is 4.15. The Morgan fingerprint density at radius 1 is 1.37 bits per heavy atom. The van der Waals surface area contributed by atoms with Crippen LogP contribution in [0.5, 0.6) is 0 Å². The van der Waals surface area contributed by atoms with E-state index < -0.39 is 0 Å². The molecule has 0 amide bonds. The van der Waals surface area contributed by atoms with Crippen molar-refractivity contribution in [3.05, 3.63) is 34.2 Å². The quantitative estimate of drug-likeness (QED) is 0.934. The summed E-state index contributed by atoms with van der Waals surface area (Å²) in [5, 5.41) is 2.13. The van der Waals surface area contributed by atoms with Gasteiger partial charge in [-0.2, -0.15) is 0 Å². The van der Waals surface area contributed by atoms with E-state index >= 15 is 0 Å². The van der Waals surface area contributed by atoms with E-state index in [0.29, 0.717) is 5.92 Å². The molecule has 1 saturated heterocycles. The molecule has 1 aromatic carbocycles. The first-order valence-electron chi connectivity index (χ1n) is 6.36. The van der Waals surface area contributed by atoms with E-state index in [1.54, 1.807) is 0 Å². The van der Waals surface area contributed by atoms with Gasteiger partial charge in [0.25, 0.3) is 0 Å². The van der Waals surface area contributed by atoms with Crippen molar-refractivity contribution < 1.29 is 0 Å². The summed E-state index contributed by atoms with van der Waals surface area (Å²) < 4.78 is 1.28. The third kappa shape index (κ3) is 3.06. The molecule has 2 aromatic rings.